The van der Waals surface area contributed by atoms with E-state index >= 15 is 0 Å². The number of nitrogens with one attached hydrogen (secondary N) is 2. The summed E-state index contributed by atoms with van der Waals surface area (Å²) in [6.45, 7) is 21.8. The van der Waals surface area contributed by atoms with Crippen molar-refractivity contribution in [2.45, 2.75) is 149 Å². The van der Waals surface area contributed by atoms with Gasteiger partial charge in [0.25, 0.3) is 0 Å². The minimum Gasteiger partial charge on any atom is -0.371 e. The maximum atomic E-state index is 13.0. The third-order valence-electron chi connectivity index (χ3n) is 7.90. The van der Waals surface area contributed by atoms with Crippen LogP contribution in [-0.2, 0) is 27.4 Å². The van der Waals surface area contributed by atoms with E-state index in [1.54, 1.807) is 0 Å². The van der Waals surface area contributed by atoms with Crippen LogP contribution in [0.15, 0.2) is 0 Å². The van der Waals surface area contributed by atoms with Gasteiger partial charge in [0.15, 0.2) is 0 Å². The Labute approximate surface area is 261 Å². The summed E-state index contributed by atoms with van der Waals surface area (Å²) in [7, 11) is -8.32. The molecule has 43 heavy (non-hydrogen) atoms. The number of phosphoric ester groups is 1. The van der Waals surface area contributed by atoms with Crippen LogP contribution in [0.1, 0.15) is 88.5 Å². The lowest BCUT2D eigenvalue weighted by Crippen LogP contribution is -2.40. The van der Waals surface area contributed by atoms with Crippen molar-refractivity contribution in [3.63, 3.8) is 0 Å². The van der Waals surface area contributed by atoms with Gasteiger partial charge in [-0.3, -0.25) is 23.4 Å². The SMILES string of the molecule is CC(C)NC1CC(CCP(=O)(O)OCC(COP(=O)(O)OCC2CC(NC(C)C)CN2C(C)C)OC(C)C)N(C(C)C)C1. The number of ether oxygens (including phenoxy) is 1. The summed E-state index contributed by atoms with van der Waals surface area (Å²) in [4.78, 5) is 25.7. The summed E-state index contributed by atoms with van der Waals surface area (Å²) in [5.74, 6) is 0. The Morgan fingerprint density at radius 1 is 0.744 bits per heavy atom. The highest BCUT2D eigenvalue weighted by molar-refractivity contribution is 7.52. The van der Waals surface area contributed by atoms with E-state index in [0.717, 1.165) is 25.9 Å². The van der Waals surface area contributed by atoms with Gasteiger partial charge in [-0.2, -0.15) is 0 Å². The second-order valence-electron chi connectivity index (χ2n) is 13.7. The first kappa shape index (κ1) is 39.2. The van der Waals surface area contributed by atoms with Gasteiger partial charge in [-0.25, -0.2) is 4.57 Å². The molecule has 0 aliphatic carbocycles. The van der Waals surface area contributed by atoms with Crippen molar-refractivity contribution in [3.05, 3.63) is 0 Å². The van der Waals surface area contributed by atoms with Crippen LogP contribution in [0.5, 0.6) is 0 Å². The molecule has 0 aromatic rings. The Balaban J connectivity index is 1.88. The lowest BCUT2D eigenvalue weighted by molar-refractivity contribution is -0.0471. The summed E-state index contributed by atoms with van der Waals surface area (Å²) in [6, 6.07) is 2.12. The predicted octanol–water partition coefficient (Wildman–Crippen LogP) is 4.20. The average molecular weight is 657 g/mol. The number of likely N-dealkylation sites (tertiary alicyclic amines) is 2. The van der Waals surface area contributed by atoms with Gasteiger partial charge in [0.2, 0.25) is 0 Å². The topological polar surface area (TPSA) is 142 Å². The monoisotopic (exact) mass is 656 g/mol. The highest BCUT2D eigenvalue weighted by Gasteiger charge is 2.37. The third kappa shape index (κ3) is 14.6. The molecule has 2 rings (SSSR count). The van der Waals surface area contributed by atoms with E-state index in [0.29, 0.717) is 30.6 Å². The number of hydrogen-bond acceptors (Lipinski definition) is 10. The van der Waals surface area contributed by atoms with Crippen LogP contribution in [0.4, 0.5) is 0 Å². The van der Waals surface area contributed by atoms with Crippen LogP contribution in [0.25, 0.3) is 0 Å². The van der Waals surface area contributed by atoms with E-state index < -0.39 is 21.5 Å². The van der Waals surface area contributed by atoms with Gasteiger partial charge in [-0.15, -0.1) is 0 Å². The van der Waals surface area contributed by atoms with Gasteiger partial charge in [0, 0.05) is 61.4 Å². The molecule has 7 unspecified atom stereocenters. The third-order valence-corrected chi connectivity index (χ3v) is 10.2. The summed E-state index contributed by atoms with van der Waals surface area (Å²) in [6.07, 6.45) is 1.21. The molecule has 0 aromatic heterocycles. The summed E-state index contributed by atoms with van der Waals surface area (Å²) in [5.41, 5.74) is 0. The van der Waals surface area contributed by atoms with Crippen molar-refractivity contribution in [1.29, 1.82) is 0 Å². The lowest BCUT2D eigenvalue weighted by atomic mass is 10.1. The van der Waals surface area contributed by atoms with E-state index in [9.17, 15) is 18.9 Å². The van der Waals surface area contributed by atoms with Gasteiger partial charge >= 0.3 is 15.4 Å². The van der Waals surface area contributed by atoms with Crippen LogP contribution in [0.3, 0.4) is 0 Å². The fraction of sp³-hybridized carbons (Fsp3) is 1.00. The molecule has 2 fully saturated rings. The molecule has 2 saturated heterocycles. The number of nitrogens with zero attached hydrogens (tertiary/aromatic N) is 2. The van der Waals surface area contributed by atoms with Gasteiger partial charge < -0.3 is 29.7 Å². The zero-order valence-electron chi connectivity index (χ0n) is 28.3. The molecular weight excluding hydrogens is 594 g/mol. The maximum absolute atomic E-state index is 13.0. The second kappa shape index (κ2) is 17.8. The van der Waals surface area contributed by atoms with Crippen LogP contribution in [-0.4, -0.2) is 119 Å². The molecule has 2 aliphatic rings. The smallest absolute Gasteiger partial charge is 0.371 e. The van der Waals surface area contributed by atoms with Crippen molar-refractivity contribution >= 4 is 15.4 Å². The molecule has 0 aromatic carbocycles. The van der Waals surface area contributed by atoms with E-state index in [1.807, 2.05) is 13.8 Å². The van der Waals surface area contributed by atoms with Gasteiger partial charge in [-0.05, 0) is 60.8 Å². The molecule has 0 amide bonds. The van der Waals surface area contributed by atoms with E-state index in [1.165, 1.54) is 0 Å². The largest absolute Gasteiger partial charge is 0.472 e. The van der Waals surface area contributed by atoms with Gasteiger partial charge in [-0.1, -0.05) is 27.7 Å². The Bertz CT molecular complexity index is 844. The summed E-state index contributed by atoms with van der Waals surface area (Å²) < 4.78 is 47.8. The molecule has 12 nitrogen and oxygen atoms in total. The minimum atomic E-state index is -4.40. The Hall–Kier alpha value is 0.0600. The first-order valence-corrected chi connectivity index (χ1v) is 19.4. The average Bonchev–Trinajstić information content (AvgIpc) is 3.46. The fourth-order valence-corrected chi connectivity index (χ4v) is 8.21. The van der Waals surface area contributed by atoms with E-state index in [4.69, 9.17) is 18.3 Å². The van der Waals surface area contributed by atoms with Crippen molar-refractivity contribution in [1.82, 2.24) is 20.4 Å². The zero-order valence-corrected chi connectivity index (χ0v) is 30.1. The minimum absolute atomic E-state index is 0.0189. The molecule has 7 atom stereocenters. The van der Waals surface area contributed by atoms with Crippen LogP contribution < -0.4 is 10.6 Å². The zero-order chi connectivity index (χ0) is 32.5. The molecule has 0 bridgehead atoms. The molecule has 4 N–H and O–H groups in total. The van der Waals surface area contributed by atoms with Crippen LogP contribution in [0, 0.1) is 0 Å². The Kier molecular flexibility index (Phi) is 16.3. The first-order chi connectivity index (χ1) is 19.9. The number of phosphoric acid groups is 1. The van der Waals surface area contributed by atoms with E-state index in [2.05, 4.69) is 75.8 Å². The van der Waals surface area contributed by atoms with Crippen molar-refractivity contribution in [2.24, 2.45) is 0 Å². The molecule has 14 heteroatoms. The summed E-state index contributed by atoms with van der Waals surface area (Å²) in [5, 5.41) is 7.12. The van der Waals surface area contributed by atoms with Crippen molar-refractivity contribution < 1.29 is 37.2 Å². The van der Waals surface area contributed by atoms with Gasteiger partial charge in [0.1, 0.15) is 6.10 Å². The number of rotatable bonds is 20. The van der Waals surface area contributed by atoms with Gasteiger partial charge in [0.05, 0.1) is 32.1 Å². The molecule has 2 aliphatic heterocycles. The van der Waals surface area contributed by atoms with Crippen molar-refractivity contribution in [2.75, 3.05) is 39.1 Å². The molecule has 2 heterocycles. The van der Waals surface area contributed by atoms with Crippen LogP contribution >= 0.6 is 15.4 Å². The quantitative estimate of drug-likeness (QED) is 0.140. The second-order valence-corrected chi connectivity index (χ2v) is 17.1. The highest BCUT2D eigenvalue weighted by Crippen LogP contribution is 2.46. The standard InChI is InChI=1S/C29H62N4O8P2/c1-20(2)30-25-13-27(32(15-25)22(5)6)11-12-42(34,35)38-18-29(41-24(9)10)19-40-43(36,37)39-17-28-14-26(31-21(3)4)16-33(28)23(7)8/h20-31H,11-19H2,1-10H3,(H,34,35)(H,36,37). The van der Waals surface area contributed by atoms with Crippen molar-refractivity contribution in [3.8, 4) is 0 Å². The maximum Gasteiger partial charge on any atom is 0.472 e. The predicted molar refractivity (Wildman–Crippen MR) is 172 cm³/mol. The molecular formula is C29H62N4O8P2. The number of hydrogen-bond donors (Lipinski definition) is 4. The Morgan fingerprint density at radius 3 is 1.72 bits per heavy atom. The molecule has 0 radical (unpaired) electrons. The lowest BCUT2D eigenvalue weighted by Gasteiger charge is -2.29. The highest BCUT2D eigenvalue weighted by atomic mass is 31.2. The Morgan fingerprint density at radius 2 is 1.23 bits per heavy atom. The molecule has 0 spiro atoms. The van der Waals surface area contributed by atoms with E-state index in [-0.39, 0.29) is 56.3 Å². The van der Waals surface area contributed by atoms with Crippen LogP contribution in [0.2, 0.25) is 0 Å². The summed E-state index contributed by atoms with van der Waals surface area (Å²) >= 11 is 0. The normalized spacial score (nSPS) is 27.7. The fourth-order valence-electron chi connectivity index (χ4n) is 6.26. The first-order valence-electron chi connectivity index (χ1n) is 16.1. The molecule has 0 saturated carbocycles. The molecule has 256 valence electrons.